The lowest BCUT2D eigenvalue weighted by atomic mass is 10.1. The summed E-state index contributed by atoms with van der Waals surface area (Å²) in [5, 5.41) is 2.17. The van der Waals surface area contributed by atoms with Gasteiger partial charge in [-0.25, -0.2) is 0 Å². The zero-order valence-electron chi connectivity index (χ0n) is 7.50. The molecule has 4 heteroatoms. The van der Waals surface area contributed by atoms with Crippen molar-refractivity contribution >= 4 is 23.4 Å². The van der Waals surface area contributed by atoms with E-state index in [2.05, 4.69) is 5.32 Å². The van der Waals surface area contributed by atoms with E-state index in [4.69, 9.17) is 11.6 Å². The van der Waals surface area contributed by atoms with Crippen molar-refractivity contribution in [2.45, 2.75) is 6.42 Å². The third-order valence-corrected chi connectivity index (χ3v) is 1.85. The van der Waals surface area contributed by atoms with Crippen molar-refractivity contribution in [3.63, 3.8) is 0 Å². The second-order valence-electron chi connectivity index (χ2n) is 2.77. The molecule has 0 aromatic heterocycles. The van der Waals surface area contributed by atoms with Crippen molar-refractivity contribution in [2.24, 2.45) is 0 Å². The van der Waals surface area contributed by atoms with Crippen LogP contribution in [-0.4, -0.2) is 17.7 Å². The lowest BCUT2D eigenvalue weighted by Gasteiger charge is -2.01. The van der Waals surface area contributed by atoms with Crippen LogP contribution in [-0.2, 0) is 16.0 Å². The summed E-state index contributed by atoms with van der Waals surface area (Å²) in [5.41, 5.74) is 0.868. The number of hydrogen-bond acceptors (Lipinski definition) is 2. The predicted octanol–water partition coefficient (Wildman–Crippen LogP) is 1.11. The number of halogens is 1. The van der Waals surface area contributed by atoms with Crippen LogP contribution in [0.1, 0.15) is 5.56 Å². The molecule has 0 radical (unpaired) electrons. The number of benzene rings is 1. The Hall–Kier alpha value is -1.35. The summed E-state index contributed by atoms with van der Waals surface area (Å²) in [6.45, 7) is 0. The van der Waals surface area contributed by atoms with E-state index in [1.165, 1.54) is 0 Å². The van der Waals surface area contributed by atoms with E-state index in [0.717, 1.165) is 5.56 Å². The van der Waals surface area contributed by atoms with E-state index < -0.39 is 5.91 Å². The van der Waals surface area contributed by atoms with Gasteiger partial charge in [-0.3, -0.25) is 14.9 Å². The largest absolute Gasteiger partial charge is 0.295 e. The highest BCUT2D eigenvalue weighted by molar-refractivity contribution is 6.28. The van der Waals surface area contributed by atoms with Gasteiger partial charge in [-0.1, -0.05) is 30.3 Å². The minimum absolute atomic E-state index is 0.194. The van der Waals surface area contributed by atoms with Crippen LogP contribution in [0.3, 0.4) is 0 Å². The summed E-state index contributed by atoms with van der Waals surface area (Å²) in [6.07, 6.45) is 0.198. The van der Waals surface area contributed by atoms with Gasteiger partial charge in [0.05, 0.1) is 6.42 Å². The molecule has 0 unspecified atom stereocenters. The fraction of sp³-hybridized carbons (Fsp3) is 0.200. The Bertz CT molecular complexity index is 324. The van der Waals surface area contributed by atoms with Gasteiger partial charge < -0.3 is 0 Å². The van der Waals surface area contributed by atoms with Crippen molar-refractivity contribution in [3.8, 4) is 0 Å². The molecule has 1 N–H and O–H groups in total. The Balaban J connectivity index is 2.46. The van der Waals surface area contributed by atoms with Crippen LogP contribution in [0.2, 0.25) is 0 Å². The molecule has 74 valence electrons. The standard InChI is InChI=1S/C10H10ClNO2/c11-7-10(14)12-9(13)6-8-4-2-1-3-5-8/h1-5H,6-7H2,(H,12,13,14). The average molecular weight is 212 g/mol. The molecule has 3 nitrogen and oxygen atoms in total. The molecule has 0 aliphatic carbocycles. The summed E-state index contributed by atoms with van der Waals surface area (Å²) >= 11 is 5.23. The number of carbonyl (C=O) groups is 2. The van der Waals surface area contributed by atoms with Crippen molar-refractivity contribution in [1.82, 2.24) is 5.32 Å². The Morgan fingerprint density at radius 3 is 2.36 bits per heavy atom. The molecule has 0 spiro atoms. The molecule has 0 heterocycles. The monoisotopic (exact) mass is 211 g/mol. The predicted molar refractivity (Wildman–Crippen MR) is 54.0 cm³/mol. The minimum atomic E-state index is -0.465. The van der Waals surface area contributed by atoms with E-state index in [1.54, 1.807) is 0 Å². The van der Waals surface area contributed by atoms with E-state index in [0.29, 0.717) is 0 Å². The topological polar surface area (TPSA) is 46.2 Å². The van der Waals surface area contributed by atoms with Gasteiger partial charge in [-0.2, -0.15) is 0 Å². The molecule has 14 heavy (non-hydrogen) atoms. The zero-order chi connectivity index (χ0) is 10.4. The Kier molecular flexibility index (Phi) is 4.13. The van der Waals surface area contributed by atoms with Crippen LogP contribution in [0.15, 0.2) is 30.3 Å². The normalized spacial score (nSPS) is 9.50. The first-order valence-corrected chi connectivity index (χ1v) is 4.68. The van der Waals surface area contributed by atoms with E-state index in [1.807, 2.05) is 30.3 Å². The average Bonchev–Trinajstić information content (AvgIpc) is 2.19. The number of rotatable bonds is 3. The molecule has 0 aliphatic heterocycles. The SMILES string of the molecule is O=C(CCl)NC(=O)Cc1ccccc1. The highest BCUT2D eigenvalue weighted by Crippen LogP contribution is 1.98. The quantitative estimate of drug-likeness (QED) is 0.762. The first-order valence-electron chi connectivity index (χ1n) is 4.15. The molecular weight excluding hydrogens is 202 g/mol. The number of imide groups is 1. The fourth-order valence-corrected chi connectivity index (χ4v) is 1.08. The van der Waals surface area contributed by atoms with Gasteiger partial charge in [0.2, 0.25) is 11.8 Å². The third-order valence-electron chi connectivity index (χ3n) is 1.61. The number of amides is 2. The lowest BCUT2D eigenvalue weighted by Crippen LogP contribution is -2.32. The summed E-state index contributed by atoms with van der Waals surface area (Å²) in [7, 11) is 0. The maximum Gasteiger partial charge on any atom is 0.241 e. The van der Waals surface area contributed by atoms with Crippen molar-refractivity contribution in [2.75, 3.05) is 5.88 Å². The highest BCUT2D eigenvalue weighted by Gasteiger charge is 2.06. The van der Waals surface area contributed by atoms with Crippen LogP contribution in [0, 0.1) is 0 Å². The maximum absolute atomic E-state index is 11.2. The van der Waals surface area contributed by atoms with Crippen LogP contribution < -0.4 is 5.32 Å². The van der Waals surface area contributed by atoms with E-state index in [-0.39, 0.29) is 18.2 Å². The van der Waals surface area contributed by atoms with Crippen molar-refractivity contribution in [3.05, 3.63) is 35.9 Å². The second kappa shape index (κ2) is 5.40. The second-order valence-corrected chi connectivity index (χ2v) is 3.03. The first-order chi connectivity index (χ1) is 6.72. The van der Waals surface area contributed by atoms with Gasteiger partial charge in [-0.15, -0.1) is 11.6 Å². The van der Waals surface area contributed by atoms with Crippen molar-refractivity contribution in [1.29, 1.82) is 0 Å². The highest BCUT2D eigenvalue weighted by atomic mass is 35.5. The number of nitrogens with one attached hydrogen (secondary N) is 1. The molecule has 1 aromatic rings. The van der Waals surface area contributed by atoms with Crippen LogP contribution in [0.5, 0.6) is 0 Å². The zero-order valence-corrected chi connectivity index (χ0v) is 8.25. The van der Waals surface area contributed by atoms with Gasteiger partial charge in [0.1, 0.15) is 5.88 Å². The van der Waals surface area contributed by atoms with Crippen LogP contribution in [0.25, 0.3) is 0 Å². The number of alkyl halides is 1. The van der Waals surface area contributed by atoms with Gasteiger partial charge in [0.15, 0.2) is 0 Å². The van der Waals surface area contributed by atoms with Crippen LogP contribution >= 0.6 is 11.6 Å². The molecule has 0 bridgehead atoms. The summed E-state index contributed by atoms with van der Waals surface area (Å²) < 4.78 is 0. The Morgan fingerprint density at radius 1 is 1.14 bits per heavy atom. The smallest absolute Gasteiger partial charge is 0.241 e. The first kappa shape index (κ1) is 10.7. The molecule has 1 rings (SSSR count). The summed E-state index contributed by atoms with van der Waals surface area (Å²) in [6, 6.07) is 9.19. The Labute approximate surface area is 87.1 Å². The molecule has 2 amide bonds. The van der Waals surface area contributed by atoms with Crippen LogP contribution in [0.4, 0.5) is 0 Å². The molecule has 0 saturated heterocycles. The van der Waals surface area contributed by atoms with E-state index >= 15 is 0 Å². The Morgan fingerprint density at radius 2 is 1.79 bits per heavy atom. The number of hydrogen-bond donors (Lipinski definition) is 1. The maximum atomic E-state index is 11.2. The molecule has 0 saturated carbocycles. The summed E-state index contributed by atoms with van der Waals surface area (Å²) in [5.74, 6) is -0.991. The molecule has 0 fully saturated rings. The lowest BCUT2D eigenvalue weighted by molar-refractivity contribution is -0.128. The summed E-state index contributed by atoms with van der Waals surface area (Å²) in [4.78, 5) is 21.9. The molecule has 0 aliphatic rings. The molecule has 1 aromatic carbocycles. The fourth-order valence-electron chi connectivity index (χ4n) is 1.01. The minimum Gasteiger partial charge on any atom is -0.295 e. The van der Waals surface area contributed by atoms with Crippen molar-refractivity contribution < 1.29 is 9.59 Å². The number of carbonyl (C=O) groups excluding carboxylic acids is 2. The van der Waals surface area contributed by atoms with Gasteiger partial charge >= 0.3 is 0 Å². The van der Waals surface area contributed by atoms with Gasteiger partial charge in [0.25, 0.3) is 0 Å². The molecular formula is C10H10ClNO2. The van der Waals surface area contributed by atoms with Gasteiger partial charge in [0, 0.05) is 0 Å². The van der Waals surface area contributed by atoms with Gasteiger partial charge in [-0.05, 0) is 5.56 Å². The molecule has 0 atom stereocenters. The third kappa shape index (κ3) is 3.58. The van der Waals surface area contributed by atoms with E-state index in [9.17, 15) is 9.59 Å².